The molecule has 2 aliphatic rings. The van der Waals surface area contributed by atoms with Crippen molar-refractivity contribution in [1.29, 1.82) is 0 Å². The van der Waals surface area contributed by atoms with E-state index >= 15 is 0 Å². The van der Waals surface area contributed by atoms with Crippen LogP contribution in [0.25, 0.3) is 0 Å². The molecule has 2 atom stereocenters. The minimum absolute atomic E-state index is 0.00195. The van der Waals surface area contributed by atoms with E-state index in [2.05, 4.69) is 11.4 Å². The van der Waals surface area contributed by atoms with Gasteiger partial charge >= 0.3 is 5.97 Å². The van der Waals surface area contributed by atoms with Gasteiger partial charge < -0.3 is 24.3 Å². The highest BCUT2D eigenvalue weighted by molar-refractivity contribution is 7.10. The number of carbonyl (C=O) groups excluding carboxylic acids is 2. The van der Waals surface area contributed by atoms with E-state index in [-0.39, 0.29) is 11.7 Å². The molecule has 1 N–H and O–H groups in total. The Kier molecular flexibility index (Phi) is 6.47. The molecule has 4 rings (SSSR count). The molecule has 0 spiro atoms. The highest BCUT2D eigenvalue weighted by Crippen LogP contribution is 2.51. The molecule has 7 nitrogen and oxygen atoms in total. The Bertz CT molecular complexity index is 1150. The van der Waals surface area contributed by atoms with Crippen LogP contribution in [0.5, 0.6) is 17.2 Å². The molecular weight excluding hydrogens is 442 g/mol. The number of hydrogen-bond acceptors (Lipinski definition) is 8. The Hall–Kier alpha value is -3.26. The Morgan fingerprint density at radius 2 is 1.79 bits per heavy atom. The van der Waals surface area contributed by atoms with Gasteiger partial charge in [0.15, 0.2) is 17.3 Å². The predicted octanol–water partition coefficient (Wildman–Crippen LogP) is 4.31. The van der Waals surface area contributed by atoms with Crippen molar-refractivity contribution < 1.29 is 28.5 Å². The van der Waals surface area contributed by atoms with Crippen molar-refractivity contribution in [2.75, 3.05) is 28.4 Å². The van der Waals surface area contributed by atoms with Gasteiger partial charge in [-0.15, -0.1) is 11.3 Å². The molecule has 0 radical (unpaired) electrons. The number of benzene rings is 1. The van der Waals surface area contributed by atoms with Crippen LogP contribution in [0.1, 0.15) is 42.0 Å². The Balaban J connectivity index is 1.92. The topological polar surface area (TPSA) is 83.1 Å². The van der Waals surface area contributed by atoms with E-state index in [4.69, 9.17) is 18.9 Å². The summed E-state index contributed by atoms with van der Waals surface area (Å²) in [5, 5.41) is 5.36. The number of thiophene rings is 1. The zero-order chi connectivity index (χ0) is 23.7. The minimum atomic E-state index is -0.653. The highest BCUT2D eigenvalue weighted by Gasteiger charge is 2.43. The second-order valence-electron chi connectivity index (χ2n) is 7.95. The number of allylic oxidation sites excluding steroid dienone is 3. The largest absolute Gasteiger partial charge is 0.493 e. The lowest BCUT2D eigenvalue weighted by Gasteiger charge is -2.36. The first kappa shape index (κ1) is 22.9. The lowest BCUT2D eigenvalue weighted by atomic mass is 9.72. The molecule has 0 saturated carbocycles. The molecule has 1 aromatic carbocycles. The summed E-state index contributed by atoms with van der Waals surface area (Å²) in [6.07, 6.45) is 1.06. The van der Waals surface area contributed by atoms with Crippen molar-refractivity contribution in [2.24, 2.45) is 0 Å². The van der Waals surface area contributed by atoms with Crippen LogP contribution < -0.4 is 19.5 Å². The number of methoxy groups -OCH3 is 4. The number of esters is 1. The average Bonchev–Trinajstić information content (AvgIpc) is 3.36. The molecule has 2 unspecified atom stereocenters. The van der Waals surface area contributed by atoms with Gasteiger partial charge in [0.05, 0.1) is 39.9 Å². The van der Waals surface area contributed by atoms with Gasteiger partial charge in [0.1, 0.15) is 0 Å². The zero-order valence-electron chi connectivity index (χ0n) is 19.3. The predicted molar refractivity (Wildman–Crippen MR) is 125 cm³/mol. The minimum Gasteiger partial charge on any atom is -0.493 e. The smallest absolute Gasteiger partial charge is 0.336 e. The van der Waals surface area contributed by atoms with Gasteiger partial charge in [-0.3, -0.25) is 4.79 Å². The average molecular weight is 470 g/mol. The van der Waals surface area contributed by atoms with E-state index in [0.29, 0.717) is 52.5 Å². The Morgan fingerprint density at radius 1 is 1.03 bits per heavy atom. The summed E-state index contributed by atoms with van der Waals surface area (Å²) in [5.41, 5.74) is 3.08. The Morgan fingerprint density at radius 3 is 2.39 bits per heavy atom. The first-order valence-electron chi connectivity index (χ1n) is 10.6. The van der Waals surface area contributed by atoms with Crippen LogP contribution in [-0.2, 0) is 14.3 Å². The number of carbonyl (C=O) groups is 2. The van der Waals surface area contributed by atoms with E-state index < -0.39 is 11.9 Å². The monoisotopic (exact) mass is 469 g/mol. The number of dihydropyridines is 1. The summed E-state index contributed by atoms with van der Waals surface area (Å²) in [6, 6.07) is 7.63. The van der Waals surface area contributed by atoms with E-state index in [0.717, 1.165) is 5.70 Å². The molecule has 0 bridgehead atoms. The van der Waals surface area contributed by atoms with Crippen molar-refractivity contribution in [3.05, 3.63) is 62.6 Å². The van der Waals surface area contributed by atoms with Crippen molar-refractivity contribution in [2.45, 2.75) is 31.6 Å². The summed E-state index contributed by atoms with van der Waals surface area (Å²) in [4.78, 5) is 27.7. The van der Waals surface area contributed by atoms with Crippen LogP contribution in [0, 0.1) is 0 Å². The molecule has 1 aliphatic carbocycles. The first-order valence-corrected chi connectivity index (χ1v) is 11.5. The van der Waals surface area contributed by atoms with E-state index in [1.165, 1.54) is 26.2 Å². The molecule has 0 fully saturated rings. The summed E-state index contributed by atoms with van der Waals surface area (Å²) in [5.74, 6) is 0.260. The maximum absolute atomic E-state index is 13.6. The third kappa shape index (κ3) is 3.88. The van der Waals surface area contributed by atoms with Gasteiger partial charge in [-0.2, -0.15) is 0 Å². The number of ether oxygens (including phenoxy) is 4. The van der Waals surface area contributed by atoms with Crippen LogP contribution in [0.4, 0.5) is 0 Å². The summed E-state index contributed by atoms with van der Waals surface area (Å²) in [6.45, 7) is 1.83. The summed E-state index contributed by atoms with van der Waals surface area (Å²) < 4.78 is 21.8. The zero-order valence-corrected chi connectivity index (χ0v) is 20.1. The molecule has 2 aromatic rings. The van der Waals surface area contributed by atoms with E-state index in [9.17, 15) is 9.59 Å². The summed E-state index contributed by atoms with van der Waals surface area (Å²) >= 11 is 1.65. The number of rotatable bonds is 6. The van der Waals surface area contributed by atoms with E-state index in [1.54, 1.807) is 24.5 Å². The molecule has 0 saturated heterocycles. The van der Waals surface area contributed by atoms with Crippen LogP contribution in [0.15, 0.2) is 52.2 Å². The van der Waals surface area contributed by atoms with Gasteiger partial charge in [-0.1, -0.05) is 12.1 Å². The van der Waals surface area contributed by atoms with Crippen LogP contribution in [-0.4, -0.2) is 40.2 Å². The van der Waals surface area contributed by atoms with Gasteiger partial charge in [0.25, 0.3) is 0 Å². The maximum Gasteiger partial charge on any atom is 0.336 e. The van der Waals surface area contributed by atoms with Crippen molar-refractivity contribution in [3.8, 4) is 17.2 Å². The van der Waals surface area contributed by atoms with Gasteiger partial charge in [-0.25, -0.2) is 4.79 Å². The standard InChI is InChI=1S/C25H27NO6S/c1-13-20(25(28)32-5)21(15-8-9-18(29-2)24(31-4)23(15)30-3)22-16(26-13)11-14(12-17(22)27)19-7-6-10-33-19/h6-10,14,21,26H,11-12H2,1-5H3. The fraction of sp³-hybridized carbons (Fsp3) is 0.360. The third-order valence-corrected chi connectivity index (χ3v) is 7.26. The second kappa shape index (κ2) is 9.31. The van der Waals surface area contributed by atoms with Crippen molar-refractivity contribution in [1.82, 2.24) is 5.32 Å². The third-order valence-electron chi connectivity index (χ3n) is 6.22. The molecule has 33 heavy (non-hydrogen) atoms. The van der Waals surface area contributed by atoms with Crippen LogP contribution >= 0.6 is 11.3 Å². The lowest BCUT2D eigenvalue weighted by Crippen LogP contribution is -2.36. The highest BCUT2D eigenvalue weighted by atomic mass is 32.1. The molecule has 1 aromatic heterocycles. The Labute approximate surface area is 197 Å². The second-order valence-corrected chi connectivity index (χ2v) is 8.93. The molecular formula is C25H27NO6S. The van der Waals surface area contributed by atoms with Crippen molar-refractivity contribution >= 4 is 23.1 Å². The number of nitrogens with one attached hydrogen (secondary N) is 1. The van der Waals surface area contributed by atoms with Gasteiger partial charge in [0.2, 0.25) is 5.75 Å². The van der Waals surface area contributed by atoms with Crippen LogP contribution in [0.3, 0.4) is 0 Å². The van der Waals surface area contributed by atoms with Gasteiger partial charge in [0, 0.05) is 39.7 Å². The number of ketones is 1. The normalized spacial score (nSPS) is 20.2. The van der Waals surface area contributed by atoms with Crippen LogP contribution in [0.2, 0.25) is 0 Å². The van der Waals surface area contributed by atoms with Crippen molar-refractivity contribution in [3.63, 3.8) is 0 Å². The SMILES string of the molecule is COC(=O)C1=C(C)NC2=C(C(=O)CC(c3cccs3)C2)C1c1ccc(OC)c(OC)c1OC. The fourth-order valence-corrected chi connectivity index (χ4v) is 5.64. The fourth-order valence-electron chi connectivity index (χ4n) is 4.81. The molecule has 1 aliphatic heterocycles. The molecule has 2 heterocycles. The maximum atomic E-state index is 13.6. The quantitative estimate of drug-likeness (QED) is 0.631. The number of hydrogen-bond donors (Lipinski definition) is 1. The van der Waals surface area contributed by atoms with E-state index in [1.807, 2.05) is 24.4 Å². The molecule has 0 amide bonds. The number of Topliss-reactive ketones (excluding diaryl/α,β-unsaturated/α-hetero) is 1. The van der Waals surface area contributed by atoms with Gasteiger partial charge in [-0.05, 0) is 30.9 Å². The molecule has 174 valence electrons. The first-order chi connectivity index (χ1) is 15.9. The lowest BCUT2D eigenvalue weighted by molar-refractivity contribution is -0.136. The summed E-state index contributed by atoms with van der Waals surface area (Å²) in [7, 11) is 5.93. The molecule has 8 heteroatoms.